The van der Waals surface area contributed by atoms with Crippen LogP contribution in [-0.2, 0) is 14.3 Å². The second kappa shape index (κ2) is 4.83. The number of ether oxygens (including phenoxy) is 1. The Hall–Kier alpha value is -1.18. The van der Waals surface area contributed by atoms with Crippen LogP contribution in [0.3, 0.4) is 0 Å². The van der Waals surface area contributed by atoms with Crippen LogP contribution in [0.15, 0.2) is 0 Å². The van der Waals surface area contributed by atoms with E-state index >= 15 is 0 Å². The predicted octanol–water partition coefficient (Wildman–Crippen LogP) is -1.59. The van der Waals surface area contributed by atoms with Crippen molar-refractivity contribution in [1.29, 1.82) is 0 Å². The minimum Gasteiger partial charge on any atom is -0.480 e. The summed E-state index contributed by atoms with van der Waals surface area (Å²) in [6.07, 6.45) is -0.684. The average molecular weight is 258 g/mol. The highest BCUT2D eigenvalue weighted by Gasteiger charge is 2.40. The average Bonchev–Trinajstić information content (AvgIpc) is 2.66. The van der Waals surface area contributed by atoms with E-state index in [4.69, 9.17) is 9.84 Å². The Morgan fingerprint density at radius 1 is 1.50 bits per heavy atom. The zero-order chi connectivity index (χ0) is 13.3. The van der Waals surface area contributed by atoms with E-state index in [0.29, 0.717) is 13.1 Å². The highest BCUT2D eigenvalue weighted by atomic mass is 16.5. The third kappa shape index (κ3) is 2.63. The first kappa shape index (κ1) is 13.3. The molecule has 2 heterocycles. The molecule has 2 aliphatic rings. The summed E-state index contributed by atoms with van der Waals surface area (Å²) in [6, 6.07) is -0.941. The summed E-state index contributed by atoms with van der Waals surface area (Å²) in [5.74, 6) is -1.47. The van der Waals surface area contributed by atoms with Gasteiger partial charge in [-0.05, 0) is 6.92 Å². The molecule has 102 valence electrons. The second-order valence-corrected chi connectivity index (χ2v) is 5.13. The van der Waals surface area contributed by atoms with E-state index in [1.807, 2.05) is 6.92 Å². The van der Waals surface area contributed by atoms with E-state index < -0.39 is 18.1 Å². The van der Waals surface area contributed by atoms with Gasteiger partial charge in [0.05, 0.1) is 11.7 Å². The fourth-order valence-electron chi connectivity index (χ4n) is 2.22. The van der Waals surface area contributed by atoms with Crippen molar-refractivity contribution in [1.82, 2.24) is 10.2 Å². The molecule has 0 aromatic carbocycles. The van der Waals surface area contributed by atoms with Crippen LogP contribution in [0.5, 0.6) is 0 Å². The molecule has 0 aliphatic carbocycles. The van der Waals surface area contributed by atoms with Gasteiger partial charge in [-0.15, -0.1) is 0 Å². The summed E-state index contributed by atoms with van der Waals surface area (Å²) >= 11 is 0. The van der Waals surface area contributed by atoms with Crippen molar-refractivity contribution >= 4 is 11.9 Å². The Morgan fingerprint density at radius 3 is 2.67 bits per heavy atom. The van der Waals surface area contributed by atoms with Crippen molar-refractivity contribution in [2.75, 3.05) is 26.2 Å². The number of carboxylic acid groups (broad SMARTS) is 1. The van der Waals surface area contributed by atoms with Crippen LogP contribution < -0.4 is 5.32 Å². The standard InChI is InChI=1S/C11H18N2O5/c1-11(5-12-6-11)18-4-9(15)13-3-7(14)2-8(13)10(16)17/h7-8,12,14H,2-6H2,1H3,(H,16,17). The quantitative estimate of drug-likeness (QED) is 0.562. The molecular weight excluding hydrogens is 240 g/mol. The molecule has 2 saturated heterocycles. The highest BCUT2D eigenvalue weighted by Crippen LogP contribution is 2.20. The lowest BCUT2D eigenvalue weighted by Gasteiger charge is -2.39. The number of β-amino-alcohol motifs (C(OH)–C–C–N with tert-alkyl or cyclic N) is 1. The van der Waals surface area contributed by atoms with Crippen molar-refractivity contribution in [2.24, 2.45) is 0 Å². The number of hydrogen-bond acceptors (Lipinski definition) is 5. The molecule has 2 aliphatic heterocycles. The predicted molar refractivity (Wildman–Crippen MR) is 61.0 cm³/mol. The number of rotatable bonds is 4. The number of nitrogens with one attached hydrogen (secondary N) is 1. The molecule has 0 aromatic rings. The van der Waals surface area contributed by atoms with E-state index in [1.165, 1.54) is 4.90 Å². The largest absolute Gasteiger partial charge is 0.480 e. The molecule has 0 saturated carbocycles. The lowest BCUT2D eigenvalue weighted by Crippen LogP contribution is -2.60. The first-order chi connectivity index (χ1) is 8.41. The van der Waals surface area contributed by atoms with Crippen LogP contribution >= 0.6 is 0 Å². The van der Waals surface area contributed by atoms with E-state index in [9.17, 15) is 14.7 Å². The fraction of sp³-hybridized carbons (Fsp3) is 0.818. The Labute approximate surface area is 105 Å². The molecular formula is C11H18N2O5. The van der Waals surface area contributed by atoms with Crippen LogP contribution in [0, 0.1) is 0 Å². The van der Waals surface area contributed by atoms with Gasteiger partial charge in [0.15, 0.2) is 0 Å². The molecule has 2 atom stereocenters. The first-order valence-electron chi connectivity index (χ1n) is 5.96. The van der Waals surface area contributed by atoms with Gasteiger partial charge in [0, 0.05) is 26.1 Å². The number of aliphatic hydroxyl groups is 1. The lowest BCUT2D eigenvalue weighted by atomic mass is 10.0. The summed E-state index contributed by atoms with van der Waals surface area (Å²) in [5, 5.41) is 21.5. The second-order valence-electron chi connectivity index (χ2n) is 5.13. The van der Waals surface area contributed by atoms with Crippen molar-refractivity contribution < 1.29 is 24.5 Å². The number of aliphatic carboxylic acids is 1. The molecule has 1 amide bonds. The van der Waals surface area contributed by atoms with Crippen LogP contribution in [0.25, 0.3) is 0 Å². The monoisotopic (exact) mass is 258 g/mol. The number of likely N-dealkylation sites (tertiary alicyclic amines) is 1. The Morgan fingerprint density at radius 2 is 2.17 bits per heavy atom. The third-order valence-electron chi connectivity index (χ3n) is 3.43. The van der Waals surface area contributed by atoms with Crippen LogP contribution in [-0.4, -0.2) is 71.0 Å². The summed E-state index contributed by atoms with van der Waals surface area (Å²) in [6.45, 7) is 3.18. The Balaban J connectivity index is 1.89. The Kier molecular flexibility index (Phi) is 3.56. The molecule has 0 bridgehead atoms. The summed E-state index contributed by atoms with van der Waals surface area (Å²) in [7, 11) is 0. The smallest absolute Gasteiger partial charge is 0.326 e. The van der Waals surface area contributed by atoms with Gasteiger partial charge in [-0.2, -0.15) is 0 Å². The maximum atomic E-state index is 11.9. The molecule has 3 N–H and O–H groups in total. The van der Waals surface area contributed by atoms with Crippen LogP contribution in [0.2, 0.25) is 0 Å². The summed E-state index contributed by atoms with van der Waals surface area (Å²) in [4.78, 5) is 24.1. The highest BCUT2D eigenvalue weighted by molar-refractivity contribution is 5.85. The first-order valence-corrected chi connectivity index (χ1v) is 5.96. The number of aliphatic hydroxyl groups excluding tert-OH is 1. The number of carbonyl (C=O) groups excluding carboxylic acids is 1. The van der Waals surface area contributed by atoms with Gasteiger partial charge in [-0.1, -0.05) is 0 Å². The van der Waals surface area contributed by atoms with Gasteiger partial charge in [-0.3, -0.25) is 4.79 Å². The van der Waals surface area contributed by atoms with Gasteiger partial charge < -0.3 is 25.2 Å². The topological polar surface area (TPSA) is 99.1 Å². The molecule has 0 aromatic heterocycles. The van der Waals surface area contributed by atoms with Crippen molar-refractivity contribution in [3.8, 4) is 0 Å². The molecule has 18 heavy (non-hydrogen) atoms. The van der Waals surface area contributed by atoms with Crippen molar-refractivity contribution in [3.05, 3.63) is 0 Å². The van der Waals surface area contributed by atoms with Gasteiger partial charge >= 0.3 is 5.97 Å². The van der Waals surface area contributed by atoms with E-state index in [1.54, 1.807) is 0 Å². The van der Waals surface area contributed by atoms with Crippen LogP contribution in [0.4, 0.5) is 0 Å². The number of hydrogen-bond donors (Lipinski definition) is 3. The molecule has 0 radical (unpaired) electrons. The van der Waals surface area contributed by atoms with Gasteiger partial charge in [0.1, 0.15) is 12.6 Å². The number of amides is 1. The summed E-state index contributed by atoms with van der Waals surface area (Å²) in [5.41, 5.74) is -0.341. The minimum absolute atomic E-state index is 0.0636. The maximum absolute atomic E-state index is 11.9. The van der Waals surface area contributed by atoms with Crippen molar-refractivity contribution in [2.45, 2.75) is 31.1 Å². The number of carboxylic acids is 1. The zero-order valence-corrected chi connectivity index (χ0v) is 10.3. The molecule has 0 spiro atoms. The van der Waals surface area contributed by atoms with Gasteiger partial charge in [0.25, 0.3) is 0 Å². The Bertz CT molecular complexity index is 355. The SMILES string of the molecule is CC1(OCC(=O)N2CC(O)CC2C(=O)O)CNC1. The maximum Gasteiger partial charge on any atom is 0.326 e. The minimum atomic E-state index is -1.09. The van der Waals surface area contributed by atoms with Gasteiger partial charge in [-0.25, -0.2) is 4.79 Å². The van der Waals surface area contributed by atoms with E-state index in [2.05, 4.69) is 5.32 Å². The molecule has 2 fully saturated rings. The van der Waals surface area contributed by atoms with E-state index in [0.717, 1.165) is 0 Å². The number of carbonyl (C=O) groups is 2. The molecule has 2 rings (SSSR count). The third-order valence-corrected chi connectivity index (χ3v) is 3.43. The lowest BCUT2D eigenvalue weighted by molar-refractivity contribution is -0.154. The van der Waals surface area contributed by atoms with E-state index in [-0.39, 0.29) is 31.1 Å². The zero-order valence-electron chi connectivity index (χ0n) is 10.3. The molecule has 7 nitrogen and oxygen atoms in total. The number of nitrogens with zero attached hydrogens (tertiary/aromatic N) is 1. The normalized spacial score (nSPS) is 30.0. The summed E-state index contributed by atoms with van der Waals surface area (Å²) < 4.78 is 5.47. The van der Waals surface area contributed by atoms with Crippen molar-refractivity contribution in [3.63, 3.8) is 0 Å². The van der Waals surface area contributed by atoms with Gasteiger partial charge in [0.2, 0.25) is 5.91 Å². The molecule has 2 unspecified atom stereocenters. The molecule has 7 heteroatoms. The van der Waals surface area contributed by atoms with Crippen LogP contribution in [0.1, 0.15) is 13.3 Å². The fourth-order valence-corrected chi connectivity index (χ4v) is 2.22.